The Morgan fingerprint density at radius 1 is 1.35 bits per heavy atom. The molecule has 23 heavy (non-hydrogen) atoms. The van der Waals surface area contributed by atoms with Gasteiger partial charge in [0.1, 0.15) is 6.04 Å². The molecule has 3 atom stereocenters. The second-order valence-electron chi connectivity index (χ2n) is 6.29. The van der Waals surface area contributed by atoms with Crippen LogP contribution in [0, 0.1) is 5.92 Å². The zero-order chi connectivity index (χ0) is 16.1. The van der Waals surface area contributed by atoms with E-state index in [-0.39, 0.29) is 31.3 Å². The number of hydrogen-bond donors (Lipinski definition) is 2. The standard InChI is InChI=1S/C14H23N5O3.ClH/c15-11(6-9-4-2-1-3-5-9)13(20)19-8-10(17-18-16)7-12(19)14(21)22;/h9-12H,1-8,15H2,(H,21,22);1H/t10-,11?,12+;/m1./s1. The summed E-state index contributed by atoms with van der Waals surface area (Å²) in [5, 5.41) is 12.8. The van der Waals surface area contributed by atoms with E-state index in [4.69, 9.17) is 11.3 Å². The molecule has 1 heterocycles. The lowest BCUT2D eigenvalue weighted by molar-refractivity contribution is -0.148. The summed E-state index contributed by atoms with van der Waals surface area (Å²) in [5.41, 5.74) is 14.5. The zero-order valence-electron chi connectivity index (χ0n) is 13.0. The van der Waals surface area contributed by atoms with Crippen LogP contribution >= 0.6 is 12.4 Å². The molecule has 130 valence electrons. The number of amides is 1. The molecule has 2 aliphatic rings. The van der Waals surface area contributed by atoms with Gasteiger partial charge >= 0.3 is 5.97 Å². The third kappa shape index (κ3) is 4.99. The number of nitrogens with two attached hydrogens (primary N) is 1. The highest BCUT2D eigenvalue weighted by Gasteiger charge is 2.41. The number of likely N-dealkylation sites (tertiary alicyclic amines) is 1. The average Bonchev–Trinajstić information content (AvgIpc) is 2.92. The van der Waals surface area contributed by atoms with E-state index in [2.05, 4.69) is 10.0 Å². The fraction of sp³-hybridized carbons (Fsp3) is 0.857. The molecule has 1 saturated carbocycles. The molecule has 1 aliphatic carbocycles. The van der Waals surface area contributed by atoms with Gasteiger partial charge in [0.25, 0.3) is 0 Å². The van der Waals surface area contributed by atoms with Crippen molar-refractivity contribution in [2.75, 3.05) is 6.54 Å². The fourth-order valence-corrected chi connectivity index (χ4v) is 3.54. The molecule has 0 radical (unpaired) electrons. The molecule has 1 saturated heterocycles. The van der Waals surface area contributed by atoms with Crippen molar-refractivity contribution in [2.45, 2.75) is 63.1 Å². The Morgan fingerprint density at radius 2 is 2.00 bits per heavy atom. The van der Waals surface area contributed by atoms with E-state index in [1.807, 2.05) is 0 Å². The van der Waals surface area contributed by atoms with Gasteiger partial charge in [-0.1, -0.05) is 37.2 Å². The Morgan fingerprint density at radius 3 is 2.57 bits per heavy atom. The summed E-state index contributed by atoms with van der Waals surface area (Å²) >= 11 is 0. The summed E-state index contributed by atoms with van der Waals surface area (Å²) in [6, 6.07) is -2.10. The Balaban J connectivity index is 0.00000264. The Hall–Kier alpha value is -1.50. The first-order chi connectivity index (χ1) is 10.5. The van der Waals surface area contributed by atoms with E-state index in [0.29, 0.717) is 12.3 Å². The lowest BCUT2D eigenvalue weighted by Crippen LogP contribution is -2.49. The fourth-order valence-electron chi connectivity index (χ4n) is 3.54. The Bertz CT molecular complexity index is 477. The summed E-state index contributed by atoms with van der Waals surface area (Å²) < 4.78 is 0. The van der Waals surface area contributed by atoms with Crippen LogP contribution in [0.15, 0.2) is 5.11 Å². The van der Waals surface area contributed by atoms with Crippen LogP contribution in [0.3, 0.4) is 0 Å². The summed E-state index contributed by atoms with van der Waals surface area (Å²) in [6.07, 6.45) is 6.52. The maximum atomic E-state index is 12.5. The maximum absolute atomic E-state index is 12.5. The molecule has 1 unspecified atom stereocenters. The normalized spacial score (nSPS) is 26.0. The topological polar surface area (TPSA) is 132 Å². The molecular weight excluding hydrogens is 322 g/mol. The van der Waals surface area contributed by atoms with Crippen LogP contribution in [0.1, 0.15) is 44.9 Å². The van der Waals surface area contributed by atoms with Gasteiger partial charge in [-0.05, 0) is 24.3 Å². The highest BCUT2D eigenvalue weighted by atomic mass is 35.5. The lowest BCUT2D eigenvalue weighted by atomic mass is 9.84. The van der Waals surface area contributed by atoms with Gasteiger partial charge in [0, 0.05) is 11.5 Å². The smallest absolute Gasteiger partial charge is 0.326 e. The van der Waals surface area contributed by atoms with Crippen molar-refractivity contribution in [1.82, 2.24) is 4.90 Å². The number of nitrogens with zero attached hydrogens (tertiary/aromatic N) is 4. The van der Waals surface area contributed by atoms with E-state index in [9.17, 15) is 14.7 Å². The quantitative estimate of drug-likeness (QED) is 0.448. The lowest BCUT2D eigenvalue weighted by Gasteiger charge is -2.28. The summed E-state index contributed by atoms with van der Waals surface area (Å²) in [5.74, 6) is -0.964. The van der Waals surface area contributed by atoms with Gasteiger partial charge in [0.05, 0.1) is 12.1 Å². The summed E-state index contributed by atoms with van der Waals surface area (Å²) in [7, 11) is 0. The molecule has 0 aromatic heterocycles. The van der Waals surface area contributed by atoms with Gasteiger partial charge in [-0.25, -0.2) is 4.79 Å². The first-order valence-electron chi connectivity index (χ1n) is 7.86. The second kappa shape index (κ2) is 8.96. The number of carboxylic acid groups (broad SMARTS) is 1. The van der Waals surface area contributed by atoms with Crippen molar-refractivity contribution in [3.63, 3.8) is 0 Å². The van der Waals surface area contributed by atoms with Gasteiger partial charge in [0.2, 0.25) is 5.91 Å². The summed E-state index contributed by atoms with van der Waals surface area (Å²) in [6.45, 7) is 0.137. The van der Waals surface area contributed by atoms with E-state index in [1.165, 1.54) is 24.2 Å². The van der Waals surface area contributed by atoms with Crippen LogP contribution in [-0.4, -0.2) is 46.6 Å². The Labute approximate surface area is 141 Å². The Kier molecular flexibility index (Phi) is 7.61. The van der Waals surface area contributed by atoms with Crippen LogP contribution in [-0.2, 0) is 9.59 Å². The average molecular weight is 346 g/mol. The molecule has 0 bridgehead atoms. The molecule has 3 N–H and O–H groups in total. The molecule has 9 heteroatoms. The number of carbonyl (C=O) groups is 2. The number of carboxylic acids is 1. The minimum Gasteiger partial charge on any atom is -0.480 e. The first kappa shape index (κ1) is 19.5. The predicted molar refractivity (Wildman–Crippen MR) is 87.1 cm³/mol. The molecule has 2 rings (SSSR count). The van der Waals surface area contributed by atoms with Gasteiger partial charge in [0.15, 0.2) is 0 Å². The first-order valence-corrected chi connectivity index (χ1v) is 7.86. The highest BCUT2D eigenvalue weighted by Crippen LogP contribution is 2.28. The number of halogens is 1. The third-order valence-electron chi connectivity index (χ3n) is 4.69. The second-order valence-corrected chi connectivity index (χ2v) is 6.29. The molecule has 2 fully saturated rings. The van der Waals surface area contributed by atoms with E-state index in [1.54, 1.807) is 0 Å². The SMILES string of the molecule is Cl.[N-]=[N+]=N[C@@H]1C[C@@H](C(=O)O)N(C(=O)C(N)CC2CCCCC2)C1. The molecular formula is C14H24ClN5O3. The number of carbonyl (C=O) groups excluding carboxylic acids is 1. The molecule has 0 aromatic rings. The minimum atomic E-state index is -1.08. The van der Waals surface area contributed by atoms with Crippen LogP contribution in [0.4, 0.5) is 0 Å². The predicted octanol–water partition coefficient (Wildman–Crippen LogP) is 2.07. The molecule has 1 aliphatic heterocycles. The number of azide groups is 1. The zero-order valence-corrected chi connectivity index (χ0v) is 13.8. The maximum Gasteiger partial charge on any atom is 0.326 e. The van der Waals surface area contributed by atoms with E-state index < -0.39 is 24.1 Å². The van der Waals surface area contributed by atoms with Gasteiger partial charge in [-0.2, -0.15) is 0 Å². The number of hydrogen-bond acceptors (Lipinski definition) is 4. The monoisotopic (exact) mass is 345 g/mol. The largest absolute Gasteiger partial charge is 0.480 e. The highest BCUT2D eigenvalue weighted by molar-refractivity contribution is 5.87. The van der Waals surface area contributed by atoms with Crippen molar-refractivity contribution in [3.05, 3.63) is 10.4 Å². The van der Waals surface area contributed by atoms with Crippen molar-refractivity contribution >= 4 is 24.3 Å². The van der Waals surface area contributed by atoms with Crippen molar-refractivity contribution in [2.24, 2.45) is 16.8 Å². The van der Waals surface area contributed by atoms with Crippen LogP contribution < -0.4 is 5.73 Å². The van der Waals surface area contributed by atoms with Gasteiger partial charge in [-0.3, -0.25) is 4.79 Å². The molecule has 0 aromatic carbocycles. The molecule has 1 amide bonds. The van der Waals surface area contributed by atoms with Crippen molar-refractivity contribution in [3.8, 4) is 0 Å². The third-order valence-corrected chi connectivity index (χ3v) is 4.69. The van der Waals surface area contributed by atoms with Crippen LogP contribution in [0.2, 0.25) is 0 Å². The van der Waals surface area contributed by atoms with Crippen LogP contribution in [0.25, 0.3) is 10.4 Å². The van der Waals surface area contributed by atoms with E-state index >= 15 is 0 Å². The van der Waals surface area contributed by atoms with Gasteiger partial charge < -0.3 is 15.7 Å². The van der Waals surface area contributed by atoms with Crippen molar-refractivity contribution in [1.29, 1.82) is 0 Å². The van der Waals surface area contributed by atoms with Crippen LogP contribution in [0.5, 0.6) is 0 Å². The molecule has 8 nitrogen and oxygen atoms in total. The minimum absolute atomic E-state index is 0. The number of rotatable bonds is 5. The van der Waals surface area contributed by atoms with E-state index in [0.717, 1.165) is 12.8 Å². The molecule has 0 spiro atoms. The van der Waals surface area contributed by atoms with Gasteiger partial charge in [-0.15, -0.1) is 12.4 Å². The van der Waals surface area contributed by atoms with Crippen molar-refractivity contribution < 1.29 is 14.7 Å². The summed E-state index contributed by atoms with van der Waals surface area (Å²) in [4.78, 5) is 27.8. The number of aliphatic carboxylic acids is 1.